The third kappa shape index (κ3) is 5.04. The van der Waals surface area contributed by atoms with Crippen molar-refractivity contribution in [2.75, 3.05) is 32.6 Å². The molecule has 0 aromatic heterocycles. The lowest BCUT2D eigenvalue weighted by atomic mass is 10.2. The summed E-state index contributed by atoms with van der Waals surface area (Å²) in [7, 11) is 3.66. The Morgan fingerprint density at radius 1 is 1.26 bits per heavy atom. The molecule has 6 nitrogen and oxygen atoms in total. The van der Waals surface area contributed by atoms with E-state index in [4.69, 9.17) is 4.74 Å². The topological polar surface area (TPSA) is 70.7 Å². The predicted molar refractivity (Wildman–Crippen MR) is 89.1 cm³/mol. The van der Waals surface area contributed by atoms with Gasteiger partial charge in [-0.3, -0.25) is 14.5 Å². The van der Waals surface area contributed by atoms with Crippen LogP contribution in [0.4, 0.5) is 5.69 Å². The average molecular weight is 319 g/mol. The van der Waals surface area contributed by atoms with Gasteiger partial charge < -0.3 is 15.4 Å². The van der Waals surface area contributed by atoms with E-state index in [1.165, 1.54) is 6.92 Å². The summed E-state index contributed by atoms with van der Waals surface area (Å²) < 4.78 is 5.24. The molecular weight excluding hydrogens is 294 g/mol. The smallest absolute Gasteiger partial charge is 0.234 e. The second-order valence-electron chi connectivity index (χ2n) is 6.17. The van der Waals surface area contributed by atoms with E-state index >= 15 is 0 Å². The summed E-state index contributed by atoms with van der Waals surface area (Å²) >= 11 is 0. The van der Waals surface area contributed by atoms with E-state index in [1.807, 2.05) is 31.3 Å². The molecule has 2 N–H and O–H groups in total. The number of carbonyl (C=O) groups is 2. The Morgan fingerprint density at radius 3 is 2.43 bits per heavy atom. The Balaban J connectivity index is 1.77. The van der Waals surface area contributed by atoms with E-state index in [9.17, 15) is 9.59 Å². The first-order chi connectivity index (χ1) is 10.9. The number of nitrogens with one attached hydrogen (secondary N) is 2. The summed E-state index contributed by atoms with van der Waals surface area (Å²) in [5.74, 6) is -0.0973. The Labute approximate surface area is 137 Å². The molecule has 1 saturated carbocycles. The van der Waals surface area contributed by atoms with Gasteiger partial charge in [-0.1, -0.05) is 12.1 Å². The molecule has 0 aliphatic heterocycles. The van der Waals surface area contributed by atoms with Crippen LogP contribution in [0.3, 0.4) is 0 Å². The predicted octanol–water partition coefficient (Wildman–Crippen LogP) is 1.37. The van der Waals surface area contributed by atoms with Gasteiger partial charge in [0.1, 0.15) is 0 Å². The highest BCUT2D eigenvalue weighted by molar-refractivity contribution is 5.88. The van der Waals surface area contributed by atoms with Crippen LogP contribution < -0.4 is 10.6 Å². The van der Waals surface area contributed by atoms with Gasteiger partial charge in [0.25, 0.3) is 0 Å². The van der Waals surface area contributed by atoms with Crippen LogP contribution in [0.15, 0.2) is 24.3 Å². The normalized spacial score (nSPS) is 15.3. The maximum absolute atomic E-state index is 12.1. The van der Waals surface area contributed by atoms with Crippen LogP contribution in [0, 0.1) is 0 Å². The van der Waals surface area contributed by atoms with Crippen molar-refractivity contribution in [3.63, 3.8) is 0 Å². The summed E-state index contributed by atoms with van der Waals surface area (Å²) in [5.41, 5.74) is 1.79. The monoisotopic (exact) mass is 319 g/mol. The van der Waals surface area contributed by atoms with Crippen molar-refractivity contribution < 1.29 is 14.3 Å². The molecule has 1 aliphatic rings. The molecule has 1 aromatic carbocycles. The van der Waals surface area contributed by atoms with Crippen LogP contribution in [-0.2, 0) is 20.9 Å². The van der Waals surface area contributed by atoms with Crippen molar-refractivity contribution in [1.82, 2.24) is 10.2 Å². The van der Waals surface area contributed by atoms with E-state index in [2.05, 4.69) is 15.5 Å². The first-order valence-electron chi connectivity index (χ1n) is 7.78. The molecule has 23 heavy (non-hydrogen) atoms. The van der Waals surface area contributed by atoms with E-state index in [0.717, 1.165) is 24.1 Å². The van der Waals surface area contributed by atoms with Crippen molar-refractivity contribution in [1.29, 1.82) is 0 Å². The van der Waals surface area contributed by atoms with E-state index in [0.29, 0.717) is 19.7 Å². The Bertz CT molecular complexity index is 553. The molecule has 0 bridgehead atoms. The number of benzene rings is 1. The molecule has 0 radical (unpaired) electrons. The molecule has 1 aliphatic carbocycles. The first kappa shape index (κ1) is 17.4. The summed E-state index contributed by atoms with van der Waals surface area (Å²) in [4.78, 5) is 25.1. The molecule has 1 aromatic rings. The maximum atomic E-state index is 12.1. The minimum absolute atomic E-state index is 0.000755. The standard InChI is InChI=1S/C17H25N3O3/c1-13(21)19-15-6-4-14(5-7-15)10-18-16(22)11-20(2)17(8-9-17)12-23-3/h4-7H,8-12H2,1-3H3,(H,18,22)(H,19,21). The minimum Gasteiger partial charge on any atom is -0.383 e. The third-order valence-corrected chi connectivity index (χ3v) is 4.19. The van der Waals surface area contributed by atoms with Crippen molar-refractivity contribution in [3.05, 3.63) is 29.8 Å². The summed E-state index contributed by atoms with van der Waals surface area (Å²) in [6.45, 7) is 2.99. The van der Waals surface area contributed by atoms with Gasteiger partial charge in [-0.05, 0) is 37.6 Å². The Morgan fingerprint density at radius 2 is 1.91 bits per heavy atom. The number of anilines is 1. The molecule has 2 rings (SSSR count). The number of amides is 2. The summed E-state index contributed by atoms with van der Waals surface area (Å²) in [5, 5.41) is 5.64. The highest BCUT2D eigenvalue weighted by Crippen LogP contribution is 2.40. The van der Waals surface area contributed by atoms with Crippen molar-refractivity contribution in [2.45, 2.75) is 31.8 Å². The van der Waals surface area contributed by atoms with Crippen LogP contribution in [0.25, 0.3) is 0 Å². The number of carbonyl (C=O) groups excluding carboxylic acids is 2. The second kappa shape index (κ2) is 7.57. The number of nitrogens with zero attached hydrogens (tertiary/aromatic N) is 1. The first-order valence-corrected chi connectivity index (χ1v) is 7.78. The van der Waals surface area contributed by atoms with Crippen LogP contribution in [0.5, 0.6) is 0 Å². The SMILES string of the molecule is COCC1(N(C)CC(=O)NCc2ccc(NC(C)=O)cc2)CC1. The summed E-state index contributed by atoms with van der Waals surface area (Å²) in [6, 6.07) is 7.44. The van der Waals surface area contributed by atoms with Crippen LogP contribution in [0.1, 0.15) is 25.3 Å². The lowest BCUT2D eigenvalue weighted by Crippen LogP contribution is -2.44. The third-order valence-electron chi connectivity index (χ3n) is 4.19. The molecule has 2 amide bonds. The fraction of sp³-hybridized carbons (Fsp3) is 0.529. The van der Waals surface area contributed by atoms with E-state index < -0.39 is 0 Å². The molecule has 0 heterocycles. The van der Waals surface area contributed by atoms with Gasteiger partial charge in [-0.25, -0.2) is 0 Å². The Kier molecular flexibility index (Phi) is 5.74. The Hall–Kier alpha value is -1.92. The number of likely N-dealkylation sites (N-methyl/N-ethyl adjacent to an activating group) is 1. The van der Waals surface area contributed by atoms with Crippen molar-refractivity contribution in [2.24, 2.45) is 0 Å². The number of rotatable bonds is 8. The highest BCUT2D eigenvalue weighted by Gasteiger charge is 2.46. The van der Waals surface area contributed by atoms with Crippen LogP contribution in [0.2, 0.25) is 0 Å². The average Bonchev–Trinajstić information content (AvgIpc) is 3.27. The van der Waals surface area contributed by atoms with Gasteiger partial charge in [0.2, 0.25) is 11.8 Å². The number of hydrogen-bond acceptors (Lipinski definition) is 4. The molecule has 1 fully saturated rings. The van der Waals surface area contributed by atoms with E-state index in [1.54, 1.807) is 7.11 Å². The zero-order valence-electron chi connectivity index (χ0n) is 14.0. The van der Waals surface area contributed by atoms with Crippen LogP contribution in [-0.4, -0.2) is 49.6 Å². The maximum Gasteiger partial charge on any atom is 0.234 e. The van der Waals surface area contributed by atoms with Crippen molar-refractivity contribution in [3.8, 4) is 0 Å². The second-order valence-corrected chi connectivity index (χ2v) is 6.17. The van der Waals surface area contributed by atoms with E-state index in [-0.39, 0.29) is 17.4 Å². The number of hydrogen-bond donors (Lipinski definition) is 2. The van der Waals surface area contributed by atoms with Crippen molar-refractivity contribution >= 4 is 17.5 Å². The van der Waals surface area contributed by atoms with Crippen LogP contribution >= 0.6 is 0 Å². The van der Waals surface area contributed by atoms with Gasteiger partial charge in [0.15, 0.2) is 0 Å². The van der Waals surface area contributed by atoms with Gasteiger partial charge in [-0.15, -0.1) is 0 Å². The lowest BCUT2D eigenvalue weighted by Gasteiger charge is -2.26. The highest BCUT2D eigenvalue weighted by atomic mass is 16.5. The molecule has 126 valence electrons. The molecular formula is C17H25N3O3. The van der Waals surface area contributed by atoms with Gasteiger partial charge in [-0.2, -0.15) is 0 Å². The molecule has 0 saturated heterocycles. The lowest BCUT2D eigenvalue weighted by molar-refractivity contribution is -0.123. The van der Waals surface area contributed by atoms with Gasteiger partial charge in [0, 0.05) is 31.8 Å². The zero-order chi connectivity index (χ0) is 16.9. The molecule has 0 atom stereocenters. The number of methoxy groups -OCH3 is 1. The fourth-order valence-corrected chi connectivity index (χ4v) is 2.60. The zero-order valence-corrected chi connectivity index (χ0v) is 14.0. The van der Waals surface area contributed by atoms with Gasteiger partial charge >= 0.3 is 0 Å². The molecule has 6 heteroatoms. The fourth-order valence-electron chi connectivity index (χ4n) is 2.60. The quantitative estimate of drug-likeness (QED) is 0.759. The number of ether oxygens (including phenoxy) is 1. The van der Waals surface area contributed by atoms with Gasteiger partial charge in [0.05, 0.1) is 13.2 Å². The summed E-state index contributed by atoms with van der Waals surface area (Å²) in [6.07, 6.45) is 2.16. The minimum atomic E-state index is -0.0980. The molecule has 0 unspecified atom stereocenters. The molecule has 0 spiro atoms. The largest absolute Gasteiger partial charge is 0.383 e.